The number of hydrogen-bond acceptors (Lipinski definition) is 3. The van der Waals surface area contributed by atoms with Gasteiger partial charge in [-0.2, -0.15) is 0 Å². The zero-order valence-corrected chi connectivity index (χ0v) is 14.8. The van der Waals surface area contributed by atoms with Crippen molar-refractivity contribution in [3.63, 3.8) is 0 Å². The molecule has 2 heterocycles. The van der Waals surface area contributed by atoms with Gasteiger partial charge in [-0.1, -0.05) is 12.8 Å². The first-order valence-electron chi connectivity index (χ1n) is 8.97. The second kappa shape index (κ2) is 8.34. The summed E-state index contributed by atoms with van der Waals surface area (Å²) in [5.41, 5.74) is 0.282. The molecule has 0 aromatic heterocycles. The van der Waals surface area contributed by atoms with E-state index in [-0.39, 0.29) is 35.6 Å². The topological polar surface area (TPSA) is 61.4 Å². The highest BCUT2D eigenvalue weighted by atomic mass is 35.5. The maximum absolute atomic E-state index is 12.2. The van der Waals surface area contributed by atoms with Gasteiger partial charge in [-0.3, -0.25) is 9.59 Å². The predicted molar refractivity (Wildman–Crippen MR) is 92.6 cm³/mol. The summed E-state index contributed by atoms with van der Waals surface area (Å²) in [5, 5.41) is 6.35. The smallest absolute Gasteiger partial charge is 0.224 e. The molecule has 0 aromatic rings. The van der Waals surface area contributed by atoms with Gasteiger partial charge in [-0.15, -0.1) is 12.4 Å². The monoisotopic (exact) mass is 343 g/mol. The van der Waals surface area contributed by atoms with Gasteiger partial charge in [0.2, 0.25) is 11.8 Å². The molecule has 3 aliphatic rings. The van der Waals surface area contributed by atoms with Gasteiger partial charge in [0.25, 0.3) is 0 Å². The summed E-state index contributed by atoms with van der Waals surface area (Å²) < 4.78 is 0. The zero-order valence-electron chi connectivity index (χ0n) is 13.9. The Bertz CT molecular complexity index is 416. The van der Waals surface area contributed by atoms with Crippen LogP contribution in [0.4, 0.5) is 0 Å². The molecule has 6 heteroatoms. The summed E-state index contributed by atoms with van der Waals surface area (Å²) in [6.45, 7) is 4.37. The van der Waals surface area contributed by atoms with Crippen LogP contribution in [0.15, 0.2) is 0 Å². The molecule has 1 saturated carbocycles. The van der Waals surface area contributed by atoms with Crippen molar-refractivity contribution in [3.05, 3.63) is 0 Å². The van der Waals surface area contributed by atoms with Crippen molar-refractivity contribution in [2.75, 3.05) is 32.7 Å². The standard InChI is InChI=1S/C17H29N3O2.ClH/c21-15(20-11-3-1-2-4-12-20)5-8-19-16(22)14-13-17(14)6-9-18-10-7-17;/h14,18H,1-13H2,(H,19,22);1H. The summed E-state index contributed by atoms with van der Waals surface area (Å²) >= 11 is 0. The maximum Gasteiger partial charge on any atom is 0.224 e. The number of carbonyl (C=O) groups is 2. The minimum atomic E-state index is 0. The number of halogens is 1. The van der Waals surface area contributed by atoms with E-state index < -0.39 is 0 Å². The second-order valence-electron chi connectivity index (χ2n) is 7.21. The van der Waals surface area contributed by atoms with Crippen LogP contribution < -0.4 is 10.6 Å². The molecule has 2 aliphatic heterocycles. The minimum absolute atomic E-state index is 0. The molecule has 2 N–H and O–H groups in total. The lowest BCUT2D eigenvalue weighted by molar-refractivity contribution is -0.131. The van der Waals surface area contributed by atoms with Crippen molar-refractivity contribution in [2.45, 2.75) is 51.4 Å². The normalized spacial score (nSPS) is 26.1. The molecule has 2 saturated heterocycles. The Labute approximate surface area is 145 Å². The third-order valence-corrected chi connectivity index (χ3v) is 5.70. The molecule has 23 heavy (non-hydrogen) atoms. The summed E-state index contributed by atoms with van der Waals surface area (Å²) in [6.07, 6.45) is 8.45. The molecule has 1 unspecified atom stereocenters. The van der Waals surface area contributed by atoms with E-state index in [0.717, 1.165) is 58.3 Å². The highest BCUT2D eigenvalue weighted by Crippen LogP contribution is 2.58. The van der Waals surface area contributed by atoms with Gasteiger partial charge in [0.05, 0.1) is 0 Å². The summed E-state index contributed by atoms with van der Waals surface area (Å²) in [7, 11) is 0. The highest BCUT2D eigenvalue weighted by molar-refractivity contribution is 5.85. The third-order valence-electron chi connectivity index (χ3n) is 5.70. The Kier molecular flexibility index (Phi) is 6.72. The molecule has 5 nitrogen and oxygen atoms in total. The molecule has 2 amide bonds. The van der Waals surface area contributed by atoms with Gasteiger partial charge in [-0.25, -0.2) is 0 Å². The summed E-state index contributed by atoms with van der Waals surface area (Å²) in [5.74, 6) is 0.572. The van der Waals surface area contributed by atoms with Crippen LogP contribution in [0.25, 0.3) is 0 Å². The van der Waals surface area contributed by atoms with Crippen LogP contribution in [0.1, 0.15) is 51.4 Å². The second-order valence-corrected chi connectivity index (χ2v) is 7.21. The number of likely N-dealkylation sites (tertiary alicyclic amines) is 1. The van der Waals surface area contributed by atoms with Crippen molar-refractivity contribution in [2.24, 2.45) is 11.3 Å². The number of nitrogens with zero attached hydrogens (tertiary/aromatic N) is 1. The molecule has 3 rings (SSSR count). The number of rotatable bonds is 4. The van der Waals surface area contributed by atoms with E-state index >= 15 is 0 Å². The fourth-order valence-corrected chi connectivity index (χ4v) is 4.09. The molecule has 1 spiro atoms. The van der Waals surface area contributed by atoms with Gasteiger partial charge in [0.15, 0.2) is 0 Å². The van der Waals surface area contributed by atoms with Crippen molar-refractivity contribution < 1.29 is 9.59 Å². The average molecular weight is 344 g/mol. The van der Waals surface area contributed by atoms with Gasteiger partial charge in [-0.05, 0) is 50.6 Å². The first-order chi connectivity index (χ1) is 10.7. The molecule has 3 fully saturated rings. The number of carbonyl (C=O) groups excluding carboxylic acids is 2. The number of amides is 2. The molecule has 0 aromatic carbocycles. The van der Waals surface area contributed by atoms with Crippen LogP contribution in [-0.2, 0) is 9.59 Å². The highest BCUT2D eigenvalue weighted by Gasteiger charge is 2.57. The largest absolute Gasteiger partial charge is 0.355 e. The Morgan fingerprint density at radius 2 is 1.74 bits per heavy atom. The lowest BCUT2D eigenvalue weighted by Crippen LogP contribution is -2.37. The maximum atomic E-state index is 12.2. The van der Waals surface area contributed by atoms with E-state index in [1.54, 1.807) is 0 Å². The van der Waals surface area contributed by atoms with Crippen LogP contribution in [0, 0.1) is 11.3 Å². The molecular formula is C17H30ClN3O2. The van der Waals surface area contributed by atoms with E-state index in [2.05, 4.69) is 10.6 Å². The molecule has 1 atom stereocenters. The Hall–Kier alpha value is -0.810. The number of piperidine rings is 1. The van der Waals surface area contributed by atoms with Crippen LogP contribution in [0.2, 0.25) is 0 Å². The lowest BCUT2D eigenvalue weighted by Gasteiger charge is -2.23. The Balaban J connectivity index is 0.00000192. The van der Waals surface area contributed by atoms with Crippen LogP contribution in [0.3, 0.4) is 0 Å². The van der Waals surface area contributed by atoms with Crippen molar-refractivity contribution in [1.29, 1.82) is 0 Å². The fourth-order valence-electron chi connectivity index (χ4n) is 4.09. The van der Waals surface area contributed by atoms with E-state index in [1.807, 2.05) is 4.90 Å². The first kappa shape index (κ1) is 18.5. The lowest BCUT2D eigenvalue weighted by atomic mass is 9.92. The fraction of sp³-hybridized carbons (Fsp3) is 0.882. The van der Waals surface area contributed by atoms with E-state index in [9.17, 15) is 9.59 Å². The molecular weight excluding hydrogens is 314 g/mol. The van der Waals surface area contributed by atoms with E-state index in [4.69, 9.17) is 0 Å². The average Bonchev–Trinajstić information content (AvgIpc) is 3.27. The number of hydrogen-bond donors (Lipinski definition) is 2. The van der Waals surface area contributed by atoms with E-state index in [1.165, 1.54) is 12.8 Å². The molecule has 0 radical (unpaired) electrons. The van der Waals surface area contributed by atoms with Gasteiger partial charge in [0, 0.05) is 32.0 Å². The molecule has 1 aliphatic carbocycles. The van der Waals surface area contributed by atoms with Gasteiger partial charge < -0.3 is 15.5 Å². The Morgan fingerprint density at radius 3 is 2.39 bits per heavy atom. The molecule has 0 bridgehead atoms. The van der Waals surface area contributed by atoms with Gasteiger partial charge >= 0.3 is 0 Å². The Morgan fingerprint density at radius 1 is 1.09 bits per heavy atom. The first-order valence-corrected chi connectivity index (χ1v) is 8.97. The minimum Gasteiger partial charge on any atom is -0.355 e. The summed E-state index contributed by atoms with van der Waals surface area (Å²) in [6, 6.07) is 0. The van der Waals surface area contributed by atoms with E-state index in [0.29, 0.717) is 13.0 Å². The van der Waals surface area contributed by atoms with Crippen LogP contribution in [0.5, 0.6) is 0 Å². The molecule has 132 valence electrons. The zero-order chi connectivity index (χ0) is 15.4. The van der Waals surface area contributed by atoms with Crippen LogP contribution in [-0.4, -0.2) is 49.4 Å². The van der Waals surface area contributed by atoms with Crippen molar-refractivity contribution >= 4 is 24.2 Å². The van der Waals surface area contributed by atoms with Crippen molar-refractivity contribution in [1.82, 2.24) is 15.5 Å². The quantitative estimate of drug-likeness (QED) is 0.817. The number of nitrogens with one attached hydrogen (secondary N) is 2. The third kappa shape index (κ3) is 4.60. The van der Waals surface area contributed by atoms with Gasteiger partial charge in [0.1, 0.15) is 0 Å². The predicted octanol–water partition coefficient (Wildman–Crippen LogP) is 1.71. The van der Waals surface area contributed by atoms with Crippen LogP contribution >= 0.6 is 12.4 Å². The van der Waals surface area contributed by atoms with Crippen molar-refractivity contribution in [3.8, 4) is 0 Å². The SMILES string of the molecule is Cl.O=C(NCCC(=O)N1CCCCCC1)C1CC12CCNCC2. The summed E-state index contributed by atoms with van der Waals surface area (Å²) in [4.78, 5) is 26.4.